The molecule has 112 valence electrons. The van der Waals surface area contributed by atoms with E-state index in [4.69, 9.17) is 4.74 Å². The van der Waals surface area contributed by atoms with Crippen LogP contribution in [0.25, 0.3) is 0 Å². The quantitative estimate of drug-likeness (QED) is 0.766. The summed E-state index contributed by atoms with van der Waals surface area (Å²) < 4.78 is 5.64. The molecule has 2 aromatic heterocycles. The number of rotatable bonds is 7. The van der Waals surface area contributed by atoms with Gasteiger partial charge in [0, 0.05) is 24.0 Å². The Labute approximate surface area is 124 Å². The van der Waals surface area contributed by atoms with E-state index in [1.165, 1.54) is 6.33 Å². The van der Waals surface area contributed by atoms with Gasteiger partial charge in [-0.3, -0.25) is 4.79 Å². The fourth-order valence-corrected chi connectivity index (χ4v) is 1.85. The van der Waals surface area contributed by atoms with Gasteiger partial charge in [-0.15, -0.1) is 0 Å². The van der Waals surface area contributed by atoms with Crippen LogP contribution in [0.4, 0.5) is 0 Å². The van der Waals surface area contributed by atoms with Crippen LogP contribution in [0.3, 0.4) is 0 Å². The Morgan fingerprint density at radius 3 is 3.00 bits per heavy atom. The number of ether oxygens (including phenoxy) is 1. The first-order valence-electron chi connectivity index (χ1n) is 7.07. The van der Waals surface area contributed by atoms with Gasteiger partial charge in [-0.2, -0.15) is 0 Å². The SMILES string of the molecule is CCCCOc1ncccc1CNC(=O)c1nc[nH]c1C. The maximum atomic E-state index is 12.0. The smallest absolute Gasteiger partial charge is 0.272 e. The first kappa shape index (κ1) is 15.0. The molecule has 6 heteroatoms. The van der Waals surface area contributed by atoms with E-state index in [0.29, 0.717) is 24.7 Å². The average molecular weight is 288 g/mol. The molecule has 0 atom stereocenters. The van der Waals surface area contributed by atoms with Crippen LogP contribution in [0.5, 0.6) is 5.88 Å². The van der Waals surface area contributed by atoms with Crippen molar-refractivity contribution in [1.82, 2.24) is 20.3 Å². The summed E-state index contributed by atoms with van der Waals surface area (Å²) in [4.78, 5) is 23.1. The summed E-state index contributed by atoms with van der Waals surface area (Å²) in [6.45, 7) is 4.91. The molecule has 0 aliphatic rings. The van der Waals surface area contributed by atoms with Crippen LogP contribution in [-0.4, -0.2) is 27.5 Å². The number of unbranched alkanes of at least 4 members (excludes halogenated alkanes) is 1. The molecule has 0 aliphatic heterocycles. The minimum Gasteiger partial charge on any atom is -0.477 e. The maximum Gasteiger partial charge on any atom is 0.272 e. The number of nitrogens with one attached hydrogen (secondary N) is 2. The van der Waals surface area contributed by atoms with Crippen LogP contribution in [0.2, 0.25) is 0 Å². The van der Waals surface area contributed by atoms with Gasteiger partial charge in [-0.1, -0.05) is 19.4 Å². The molecule has 2 aromatic rings. The van der Waals surface area contributed by atoms with Gasteiger partial charge in [0.1, 0.15) is 5.69 Å². The zero-order valence-electron chi connectivity index (χ0n) is 12.3. The summed E-state index contributed by atoms with van der Waals surface area (Å²) >= 11 is 0. The molecule has 0 spiro atoms. The zero-order chi connectivity index (χ0) is 15.1. The van der Waals surface area contributed by atoms with E-state index in [0.717, 1.165) is 24.1 Å². The summed E-state index contributed by atoms with van der Waals surface area (Å²) in [5.74, 6) is 0.363. The van der Waals surface area contributed by atoms with Crippen molar-refractivity contribution >= 4 is 5.91 Å². The van der Waals surface area contributed by atoms with E-state index in [2.05, 4.69) is 27.2 Å². The second-order valence-corrected chi connectivity index (χ2v) is 4.73. The summed E-state index contributed by atoms with van der Waals surface area (Å²) in [5.41, 5.74) is 2.01. The molecule has 1 amide bonds. The van der Waals surface area contributed by atoms with Crippen LogP contribution in [-0.2, 0) is 6.54 Å². The van der Waals surface area contributed by atoms with Gasteiger partial charge in [0.05, 0.1) is 12.9 Å². The predicted octanol–water partition coefficient (Wildman–Crippen LogP) is 2.22. The van der Waals surface area contributed by atoms with Gasteiger partial charge in [-0.05, 0) is 19.4 Å². The van der Waals surface area contributed by atoms with E-state index in [9.17, 15) is 4.79 Å². The first-order chi connectivity index (χ1) is 10.2. The fourth-order valence-electron chi connectivity index (χ4n) is 1.85. The number of hydrogen-bond acceptors (Lipinski definition) is 4. The Morgan fingerprint density at radius 1 is 1.43 bits per heavy atom. The molecule has 0 saturated heterocycles. The molecule has 0 aliphatic carbocycles. The van der Waals surface area contributed by atoms with Gasteiger partial charge in [0.25, 0.3) is 5.91 Å². The lowest BCUT2D eigenvalue weighted by atomic mass is 10.2. The van der Waals surface area contributed by atoms with E-state index in [-0.39, 0.29) is 5.91 Å². The van der Waals surface area contributed by atoms with Crippen LogP contribution < -0.4 is 10.1 Å². The highest BCUT2D eigenvalue weighted by atomic mass is 16.5. The number of aromatic amines is 1. The molecule has 0 unspecified atom stereocenters. The third kappa shape index (κ3) is 4.05. The molecule has 2 N–H and O–H groups in total. The lowest BCUT2D eigenvalue weighted by Gasteiger charge is -2.10. The third-order valence-corrected chi connectivity index (χ3v) is 3.07. The van der Waals surface area contributed by atoms with Gasteiger partial charge >= 0.3 is 0 Å². The van der Waals surface area contributed by atoms with Crippen molar-refractivity contribution in [2.45, 2.75) is 33.2 Å². The summed E-state index contributed by atoms with van der Waals surface area (Å²) in [6, 6.07) is 3.72. The molecule has 6 nitrogen and oxygen atoms in total. The number of hydrogen-bond donors (Lipinski definition) is 2. The maximum absolute atomic E-state index is 12.0. The number of pyridine rings is 1. The highest BCUT2D eigenvalue weighted by Gasteiger charge is 2.12. The second-order valence-electron chi connectivity index (χ2n) is 4.73. The Morgan fingerprint density at radius 2 is 2.29 bits per heavy atom. The number of carbonyl (C=O) groups excluding carboxylic acids is 1. The van der Waals surface area contributed by atoms with Crippen molar-refractivity contribution in [2.24, 2.45) is 0 Å². The number of nitrogens with zero attached hydrogens (tertiary/aromatic N) is 2. The lowest BCUT2D eigenvalue weighted by Crippen LogP contribution is -2.24. The Kier molecular flexibility index (Phi) is 5.31. The monoisotopic (exact) mass is 288 g/mol. The lowest BCUT2D eigenvalue weighted by molar-refractivity contribution is 0.0945. The van der Waals surface area contributed by atoms with Gasteiger partial charge in [0.2, 0.25) is 5.88 Å². The minimum absolute atomic E-state index is 0.211. The van der Waals surface area contributed by atoms with Gasteiger partial charge in [0.15, 0.2) is 0 Å². The molecule has 0 fully saturated rings. The number of aromatic nitrogens is 3. The molecule has 0 saturated carbocycles. The van der Waals surface area contributed by atoms with E-state index in [1.807, 2.05) is 19.1 Å². The number of H-pyrrole nitrogens is 1. The molecule has 21 heavy (non-hydrogen) atoms. The fraction of sp³-hybridized carbons (Fsp3) is 0.400. The van der Waals surface area contributed by atoms with Crippen molar-refractivity contribution in [3.8, 4) is 5.88 Å². The first-order valence-corrected chi connectivity index (χ1v) is 7.07. The Bertz CT molecular complexity index is 595. The number of carbonyl (C=O) groups is 1. The summed E-state index contributed by atoms with van der Waals surface area (Å²) in [5, 5.41) is 2.83. The van der Waals surface area contributed by atoms with E-state index < -0.39 is 0 Å². The van der Waals surface area contributed by atoms with Crippen LogP contribution >= 0.6 is 0 Å². The van der Waals surface area contributed by atoms with E-state index in [1.54, 1.807) is 6.20 Å². The molecular weight excluding hydrogens is 268 g/mol. The largest absolute Gasteiger partial charge is 0.477 e. The highest BCUT2D eigenvalue weighted by molar-refractivity contribution is 5.93. The Balaban J connectivity index is 1.96. The summed E-state index contributed by atoms with van der Waals surface area (Å²) in [6.07, 6.45) is 5.24. The standard InChI is InChI=1S/C15H20N4O2/c1-3-4-8-21-15-12(6-5-7-16-15)9-17-14(20)13-11(2)18-10-19-13/h5-7,10H,3-4,8-9H2,1-2H3,(H,17,20)(H,18,19). The third-order valence-electron chi connectivity index (χ3n) is 3.07. The molecule has 2 heterocycles. The second kappa shape index (κ2) is 7.42. The van der Waals surface area contributed by atoms with Gasteiger partial charge < -0.3 is 15.0 Å². The molecule has 2 rings (SSSR count). The van der Waals surface area contributed by atoms with Crippen molar-refractivity contribution in [1.29, 1.82) is 0 Å². The predicted molar refractivity (Wildman–Crippen MR) is 79.1 cm³/mol. The number of imidazole rings is 1. The molecule has 0 bridgehead atoms. The molecule has 0 aromatic carbocycles. The van der Waals surface area contributed by atoms with Crippen molar-refractivity contribution in [3.63, 3.8) is 0 Å². The van der Waals surface area contributed by atoms with Crippen molar-refractivity contribution in [2.75, 3.05) is 6.61 Å². The summed E-state index contributed by atoms with van der Waals surface area (Å²) in [7, 11) is 0. The number of aryl methyl sites for hydroxylation is 1. The zero-order valence-corrected chi connectivity index (χ0v) is 12.3. The highest BCUT2D eigenvalue weighted by Crippen LogP contribution is 2.14. The number of amides is 1. The minimum atomic E-state index is -0.211. The van der Waals surface area contributed by atoms with E-state index >= 15 is 0 Å². The topological polar surface area (TPSA) is 79.9 Å². The molecular formula is C15H20N4O2. The normalized spacial score (nSPS) is 10.4. The average Bonchev–Trinajstić information content (AvgIpc) is 2.92. The van der Waals surface area contributed by atoms with Crippen LogP contribution in [0, 0.1) is 6.92 Å². The van der Waals surface area contributed by atoms with Crippen LogP contribution in [0.15, 0.2) is 24.7 Å². The van der Waals surface area contributed by atoms with Crippen molar-refractivity contribution in [3.05, 3.63) is 41.6 Å². The van der Waals surface area contributed by atoms with Crippen molar-refractivity contribution < 1.29 is 9.53 Å². The van der Waals surface area contributed by atoms with Crippen LogP contribution in [0.1, 0.15) is 41.5 Å². The Hall–Kier alpha value is -2.37. The van der Waals surface area contributed by atoms with Gasteiger partial charge in [-0.25, -0.2) is 9.97 Å². The molecule has 0 radical (unpaired) electrons.